The zero-order valence-corrected chi connectivity index (χ0v) is 14.0. The van der Waals surface area contributed by atoms with Crippen LogP contribution >= 0.6 is 0 Å². The average molecular weight is 323 g/mol. The summed E-state index contributed by atoms with van der Waals surface area (Å²) in [7, 11) is 1.80. The number of rotatable bonds is 2. The van der Waals surface area contributed by atoms with E-state index in [0.717, 1.165) is 36.2 Å². The first-order chi connectivity index (χ1) is 11.6. The number of aryl methyl sites for hydroxylation is 2. The Balaban J connectivity index is 1.59. The first-order valence-corrected chi connectivity index (χ1v) is 8.36. The molecule has 2 aromatic heterocycles. The molecule has 3 aromatic rings. The second-order valence-electron chi connectivity index (χ2n) is 6.52. The summed E-state index contributed by atoms with van der Waals surface area (Å²) in [4.78, 5) is 22.9. The van der Waals surface area contributed by atoms with Gasteiger partial charge in [-0.05, 0) is 37.5 Å². The molecular weight excluding hydrogens is 302 g/mol. The van der Waals surface area contributed by atoms with Crippen LogP contribution in [0.2, 0.25) is 0 Å². The van der Waals surface area contributed by atoms with Gasteiger partial charge in [0, 0.05) is 32.3 Å². The maximum Gasteiger partial charge on any atom is 0.272 e. The quantitative estimate of drug-likeness (QED) is 0.788. The first kappa shape index (κ1) is 14.9. The summed E-state index contributed by atoms with van der Waals surface area (Å²) in [5.74, 6) is 1.29. The zero-order chi connectivity index (χ0) is 16.7. The summed E-state index contributed by atoms with van der Waals surface area (Å²) >= 11 is 0. The topological polar surface area (TPSA) is 66.8 Å². The molecule has 6 nitrogen and oxygen atoms in total. The minimum Gasteiger partial charge on any atom is -0.342 e. The Morgan fingerprint density at radius 3 is 2.96 bits per heavy atom. The van der Waals surface area contributed by atoms with Crippen molar-refractivity contribution in [3.05, 3.63) is 47.5 Å². The molecule has 1 atom stereocenters. The summed E-state index contributed by atoms with van der Waals surface area (Å²) in [5, 5.41) is 4.10. The highest BCUT2D eigenvalue weighted by atomic mass is 16.2. The van der Waals surface area contributed by atoms with E-state index in [9.17, 15) is 4.79 Å². The lowest BCUT2D eigenvalue weighted by molar-refractivity contribution is 0.0693. The van der Waals surface area contributed by atoms with Crippen LogP contribution in [0.4, 0.5) is 0 Å². The van der Waals surface area contributed by atoms with Gasteiger partial charge < -0.3 is 9.88 Å². The molecule has 3 heterocycles. The van der Waals surface area contributed by atoms with E-state index in [1.54, 1.807) is 24.0 Å². The van der Waals surface area contributed by atoms with E-state index in [1.165, 1.54) is 5.56 Å². The van der Waals surface area contributed by atoms with Crippen LogP contribution in [0, 0.1) is 6.92 Å². The molecule has 4 rings (SSSR count). The monoisotopic (exact) mass is 323 g/mol. The van der Waals surface area contributed by atoms with Crippen LogP contribution in [0.5, 0.6) is 0 Å². The number of amides is 1. The summed E-state index contributed by atoms with van der Waals surface area (Å²) in [6.07, 6.45) is 3.70. The third-order valence-electron chi connectivity index (χ3n) is 4.87. The van der Waals surface area contributed by atoms with E-state index < -0.39 is 0 Å². The van der Waals surface area contributed by atoms with Crippen LogP contribution in [-0.4, -0.2) is 43.6 Å². The van der Waals surface area contributed by atoms with E-state index in [1.807, 2.05) is 11.0 Å². The van der Waals surface area contributed by atoms with Crippen LogP contribution in [0.25, 0.3) is 11.0 Å². The molecule has 0 aliphatic carbocycles. The van der Waals surface area contributed by atoms with Crippen molar-refractivity contribution in [3.63, 3.8) is 0 Å². The smallest absolute Gasteiger partial charge is 0.272 e. The number of hydrogen-bond donors (Lipinski definition) is 1. The molecule has 1 aliphatic rings. The Hall–Kier alpha value is -2.63. The van der Waals surface area contributed by atoms with Crippen LogP contribution < -0.4 is 0 Å². The van der Waals surface area contributed by atoms with E-state index in [0.29, 0.717) is 12.2 Å². The number of piperidine rings is 1. The van der Waals surface area contributed by atoms with Crippen molar-refractivity contribution in [1.29, 1.82) is 0 Å². The van der Waals surface area contributed by atoms with Gasteiger partial charge in [0.2, 0.25) is 0 Å². The lowest BCUT2D eigenvalue weighted by Gasteiger charge is -2.31. The normalized spacial score (nSPS) is 18.2. The molecule has 1 fully saturated rings. The molecule has 6 heteroatoms. The fraction of sp³-hybridized carbons (Fsp3) is 0.389. The number of likely N-dealkylation sites (tertiary alicyclic amines) is 1. The molecule has 0 spiro atoms. The largest absolute Gasteiger partial charge is 0.342 e. The van der Waals surface area contributed by atoms with Gasteiger partial charge in [-0.3, -0.25) is 9.48 Å². The van der Waals surface area contributed by atoms with Gasteiger partial charge in [-0.25, -0.2) is 4.98 Å². The summed E-state index contributed by atoms with van der Waals surface area (Å²) in [5.41, 5.74) is 3.91. The highest BCUT2D eigenvalue weighted by Gasteiger charge is 2.28. The van der Waals surface area contributed by atoms with Crippen LogP contribution in [0.1, 0.15) is 40.6 Å². The Labute approximate surface area is 140 Å². The van der Waals surface area contributed by atoms with Crippen LogP contribution in [0.15, 0.2) is 30.5 Å². The van der Waals surface area contributed by atoms with E-state index >= 15 is 0 Å². The Bertz CT molecular complexity index is 894. The number of benzene rings is 1. The van der Waals surface area contributed by atoms with Gasteiger partial charge in [0.1, 0.15) is 11.5 Å². The van der Waals surface area contributed by atoms with Gasteiger partial charge in [-0.15, -0.1) is 0 Å². The van der Waals surface area contributed by atoms with Gasteiger partial charge >= 0.3 is 0 Å². The van der Waals surface area contributed by atoms with E-state index in [4.69, 9.17) is 4.98 Å². The number of hydrogen-bond acceptors (Lipinski definition) is 3. The number of nitrogens with one attached hydrogen (secondary N) is 1. The highest BCUT2D eigenvalue weighted by molar-refractivity contribution is 5.92. The van der Waals surface area contributed by atoms with Gasteiger partial charge in [-0.2, -0.15) is 5.10 Å². The van der Waals surface area contributed by atoms with Gasteiger partial charge in [0.15, 0.2) is 0 Å². The van der Waals surface area contributed by atoms with Crippen molar-refractivity contribution < 1.29 is 4.79 Å². The van der Waals surface area contributed by atoms with Gasteiger partial charge in [-0.1, -0.05) is 12.1 Å². The van der Waals surface area contributed by atoms with Gasteiger partial charge in [0.05, 0.1) is 11.0 Å². The summed E-state index contributed by atoms with van der Waals surface area (Å²) in [6, 6.07) is 7.95. The van der Waals surface area contributed by atoms with Crippen LogP contribution in [-0.2, 0) is 7.05 Å². The molecule has 0 bridgehead atoms. The molecule has 1 aliphatic heterocycles. The van der Waals surface area contributed by atoms with Crippen molar-refractivity contribution in [1.82, 2.24) is 24.6 Å². The standard InChI is InChI=1S/C18H21N5O/c1-12-5-3-7-14-16(12)21-17(20-14)13-6-4-10-23(11-13)18(24)15-8-9-19-22(15)2/h3,5,7-9,13H,4,6,10-11H2,1-2H3,(H,20,21)/t13-/m1/s1. The summed E-state index contributed by atoms with van der Waals surface area (Å²) < 4.78 is 1.64. The van der Waals surface area contributed by atoms with Crippen LogP contribution in [0.3, 0.4) is 0 Å². The van der Waals surface area contributed by atoms with E-state index in [2.05, 4.69) is 29.1 Å². The predicted molar refractivity (Wildman–Crippen MR) is 91.9 cm³/mol. The van der Waals surface area contributed by atoms with Crippen molar-refractivity contribution in [2.45, 2.75) is 25.7 Å². The zero-order valence-electron chi connectivity index (χ0n) is 14.0. The fourth-order valence-corrected chi connectivity index (χ4v) is 3.52. The fourth-order valence-electron chi connectivity index (χ4n) is 3.52. The number of aromatic amines is 1. The van der Waals surface area contributed by atoms with Crippen molar-refractivity contribution >= 4 is 16.9 Å². The lowest BCUT2D eigenvalue weighted by atomic mass is 9.97. The molecular formula is C18H21N5O. The van der Waals surface area contributed by atoms with Crippen molar-refractivity contribution in [3.8, 4) is 0 Å². The highest BCUT2D eigenvalue weighted by Crippen LogP contribution is 2.28. The minimum atomic E-state index is 0.0481. The Morgan fingerprint density at radius 2 is 2.21 bits per heavy atom. The number of fused-ring (bicyclic) bond motifs is 1. The third-order valence-corrected chi connectivity index (χ3v) is 4.87. The molecule has 124 valence electrons. The predicted octanol–water partition coefficient (Wildman–Crippen LogP) is 2.62. The number of carbonyl (C=O) groups excluding carboxylic acids is 1. The lowest BCUT2D eigenvalue weighted by Crippen LogP contribution is -2.40. The Morgan fingerprint density at radius 1 is 1.33 bits per heavy atom. The molecule has 0 radical (unpaired) electrons. The number of carbonyl (C=O) groups is 1. The van der Waals surface area contributed by atoms with Crippen molar-refractivity contribution in [2.75, 3.05) is 13.1 Å². The molecule has 0 saturated carbocycles. The van der Waals surface area contributed by atoms with E-state index in [-0.39, 0.29) is 11.8 Å². The maximum absolute atomic E-state index is 12.7. The molecule has 0 unspecified atom stereocenters. The molecule has 24 heavy (non-hydrogen) atoms. The molecule has 1 N–H and O–H groups in total. The maximum atomic E-state index is 12.7. The second-order valence-corrected chi connectivity index (χ2v) is 6.52. The second kappa shape index (κ2) is 5.78. The minimum absolute atomic E-state index is 0.0481. The first-order valence-electron chi connectivity index (χ1n) is 8.36. The average Bonchev–Trinajstić information content (AvgIpc) is 3.21. The van der Waals surface area contributed by atoms with Gasteiger partial charge in [0.25, 0.3) is 5.91 Å². The molecule has 1 amide bonds. The third kappa shape index (κ3) is 2.48. The van der Waals surface area contributed by atoms with Crippen molar-refractivity contribution in [2.24, 2.45) is 7.05 Å². The number of para-hydroxylation sites is 1. The number of nitrogens with zero attached hydrogens (tertiary/aromatic N) is 4. The molecule has 1 saturated heterocycles. The Kier molecular flexibility index (Phi) is 3.59. The number of H-pyrrole nitrogens is 1. The number of aromatic nitrogens is 4. The SMILES string of the molecule is Cc1cccc2[nH]c([C@@H]3CCCN(C(=O)c4ccnn4C)C3)nc12. The summed E-state index contributed by atoms with van der Waals surface area (Å²) in [6.45, 7) is 3.56. The molecule has 1 aromatic carbocycles. The number of imidazole rings is 1.